The number of carbonyl (C=O) groups is 1. The second kappa shape index (κ2) is 8.88. The second-order valence-electron chi connectivity index (χ2n) is 7.51. The molecule has 0 atom stereocenters. The first-order valence-electron chi connectivity index (χ1n) is 10.0. The van der Waals surface area contributed by atoms with Crippen molar-refractivity contribution in [2.75, 3.05) is 31.5 Å². The van der Waals surface area contributed by atoms with Crippen molar-refractivity contribution >= 4 is 17.3 Å². The first-order valence-corrected chi connectivity index (χ1v) is 10.0. The van der Waals surface area contributed by atoms with E-state index >= 15 is 0 Å². The molecule has 1 saturated heterocycles. The fourth-order valence-corrected chi connectivity index (χ4v) is 3.56. The number of carbonyl (C=O) groups excluding carboxylic acids is 1. The van der Waals surface area contributed by atoms with Crippen LogP contribution in [0.25, 0.3) is 0 Å². The Labute approximate surface area is 172 Å². The number of aromatic nitrogens is 1. The number of nitrogens with one attached hydrogen (secondary N) is 1. The molecule has 2 aromatic carbocycles. The molecule has 1 fully saturated rings. The minimum Gasteiger partial charge on any atom is -0.354 e. The molecule has 1 aliphatic rings. The number of amides is 1. The Hall–Kier alpha value is -3.18. The number of pyridine rings is 1. The van der Waals surface area contributed by atoms with E-state index in [9.17, 15) is 4.79 Å². The molecular weight excluding hydrogens is 360 g/mol. The van der Waals surface area contributed by atoms with E-state index in [2.05, 4.69) is 58.5 Å². The molecule has 5 nitrogen and oxygen atoms in total. The van der Waals surface area contributed by atoms with Gasteiger partial charge in [-0.1, -0.05) is 48.0 Å². The van der Waals surface area contributed by atoms with Gasteiger partial charge in [-0.25, -0.2) is 0 Å². The van der Waals surface area contributed by atoms with Gasteiger partial charge < -0.3 is 10.2 Å². The number of rotatable bonds is 5. The zero-order chi connectivity index (χ0) is 20.1. The molecule has 3 aromatic rings. The van der Waals surface area contributed by atoms with Crippen LogP contribution in [-0.4, -0.2) is 46.9 Å². The first kappa shape index (κ1) is 19.2. The minimum absolute atomic E-state index is 0.0458. The van der Waals surface area contributed by atoms with E-state index in [0.29, 0.717) is 5.56 Å². The molecule has 4 rings (SSSR count). The van der Waals surface area contributed by atoms with E-state index in [4.69, 9.17) is 0 Å². The van der Waals surface area contributed by atoms with Crippen molar-refractivity contribution in [3.8, 4) is 0 Å². The van der Waals surface area contributed by atoms with Gasteiger partial charge in [-0.3, -0.25) is 14.7 Å². The molecule has 1 amide bonds. The Morgan fingerprint density at radius 2 is 1.66 bits per heavy atom. The normalized spacial score (nSPS) is 14.6. The van der Waals surface area contributed by atoms with Gasteiger partial charge in [0.2, 0.25) is 0 Å². The van der Waals surface area contributed by atoms with Crippen molar-refractivity contribution < 1.29 is 4.79 Å². The number of aryl methyl sites for hydroxylation is 1. The van der Waals surface area contributed by atoms with E-state index in [-0.39, 0.29) is 5.91 Å². The van der Waals surface area contributed by atoms with Crippen LogP contribution in [0.4, 0.5) is 11.4 Å². The van der Waals surface area contributed by atoms with Crippen LogP contribution in [-0.2, 0) is 6.54 Å². The molecule has 5 heteroatoms. The lowest BCUT2D eigenvalue weighted by atomic mass is 10.1. The molecule has 1 aromatic heterocycles. The van der Waals surface area contributed by atoms with Crippen LogP contribution in [0.2, 0.25) is 0 Å². The molecule has 0 bridgehead atoms. The summed E-state index contributed by atoms with van der Waals surface area (Å²) in [4.78, 5) is 21.5. The maximum atomic E-state index is 13.0. The van der Waals surface area contributed by atoms with Crippen molar-refractivity contribution in [1.82, 2.24) is 14.8 Å². The third-order valence-corrected chi connectivity index (χ3v) is 5.23. The SMILES string of the molecule is Cc1ccc(Nc2cncc(C(=O)N3CCN(Cc4ccccc4)CC3)c2)cc1. The van der Waals surface area contributed by atoms with Gasteiger partial charge in [0.15, 0.2) is 0 Å². The van der Waals surface area contributed by atoms with Gasteiger partial charge in [-0.2, -0.15) is 0 Å². The summed E-state index contributed by atoms with van der Waals surface area (Å²) in [6, 6.07) is 20.5. The zero-order valence-corrected chi connectivity index (χ0v) is 16.7. The monoisotopic (exact) mass is 386 g/mol. The number of anilines is 2. The summed E-state index contributed by atoms with van der Waals surface area (Å²) in [5.41, 5.74) is 4.95. The fraction of sp³-hybridized carbons (Fsp3) is 0.250. The van der Waals surface area contributed by atoms with Gasteiger partial charge in [0.05, 0.1) is 17.4 Å². The lowest BCUT2D eigenvalue weighted by molar-refractivity contribution is 0.0628. The molecule has 0 saturated carbocycles. The topological polar surface area (TPSA) is 48.5 Å². The molecule has 0 spiro atoms. The van der Waals surface area contributed by atoms with Crippen LogP contribution >= 0.6 is 0 Å². The Kier molecular flexibility index (Phi) is 5.86. The highest BCUT2D eigenvalue weighted by Crippen LogP contribution is 2.19. The average molecular weight is 386 g/mol. The van der Waals surface area contributed by atoms with Crippen molar-refractivity contribution in [3.05, 3.63) is 89.7 Å². The quantitative estimate of drug-likeness (QED) is 0.717. The van der Waals surface area contributed by atoms with Gasteiger partial charge in [0.25, 0.3) is 5.91 Å². The van der Waals surface area contributed by atoms with Crippen molar-refractivity contribution in [1.29, 1.82) is 0 Å². The smallest absolute Gasteiger partial charge is 0.255 e. The third-order valence-electron chi connectivity index (χ3n) is 5.23. The number of piperazine rings is 1. The van der Waals surface area contributed by atoms with Crippen LogP contribution in [0.5, 0.6) is 0 Å². The highest BCUT2D eigenvalue weighted by Gasteiger charge is 2.22. The molecular formula is C24H26N4O. The summed E-state index contributed by atoms with van der Waals surface area (Å²) < 4.78 is 0. The fourth-order valence-electron chi connectivity index (χ4n) is 3.56. The predicted molar refractivity (Wildman–Crippen MR) is 116 cm³/mol. The molecule has 29 heavy (non-hydrogen) atoms. The molecule has 1 N–H and O–H groups in total. The molecule has 1 aliphatic heterocycles. The van der Waals surface area contributed by atoms with Crippen molar-refractivity contribution in [2.45, 2.75) is 13.5 Å². The van der Waals surface area contributed by atoms with E-state index in [1.807, 2.05) is 29.2 Å². The lowest BCUT2D eigenvalue weighted by Gasteiger charge is -2.34. The van der Waals surface area contributed by atoms with E-state index in [1.165, 1.54) is 11.1 Å². The highest BCUT2D eigenvalue weighted by molar-refractivity contribution is 5.95. The summed E-state index contributed by atoms with van der Waals surface area (Å²) in [5, 5.41) is 3.32. The maximum absolute atomic E-state index is 13.0. The average Bonchev–Trinajstić information content (AvgIpc) is 2.76. The third kappa shape index (κ3) is 5.00. The van der Waals surface area contributed by atoms with Crippen LogP contribution < -0.4 is 5.32 Å². The summed E-state index contributed by atoms with van der Waals surface area (Å²) in [5.74, 6) is 0.0458. The Balaban J connectivity index is 1.35. The van der Waals surface area contributed by atoms with E-state index < -0.39 is 0 Å². The molecule has 0 unspecified atom stereocenters. The number of benzene rings is 2. The summed E-state index contributed by atoms with van der Waals surface area (Å²) in [6.45, 7) is 6.23. The largest absolute Gasteiger partial charge is 0.354 e. The highest BCUT2D eigenvalue weighted by atomic mass is 16.2. The first-order chi connectivity index (χ1) is 14.2. The van der Waals surface area contributed by atoms with Gasteiger partial charge in [-0.05, 0) is 30.7 Å². The summed E-state index contributed by atoms with van der Waals surface area (Å²) >= 11 is 0. The lowest BCUT2D eigenvalue weighted by Crippen LogP contribution is -2.48. The number of hydrogen-bond donors (Lipinski definition) is 1. The van der Waals surface area contributed by atoms with Crippen molar-refractivity contribution in [3.63, 3.8) is 0 Å². The van der Waals surface area contributed by atoms with Crippen LogP contribution in [0.3, 0.4) is 0 Å². The standard InChI is InChI=1S/C24H26N4O/c1-19-7-9-22(10-8-19)26-23-15-21(16-25-17-23)24(29)28-13-11-27(12-14-28)18-20-5-3-2-4-6-20/h2-10,15-17,26H,11-14,18H2,1H3. The maximum Gasteiger partial charge on any atom is 0.255 e. The molecule has 0 aliphatic carbocycles. The molecule has 2 heterocycles. The minimum atomic E-state index is 0.0458. The van der Waals surface area contributed by atoms with Crippen molar-refractivity contribution in [2.24, 2.45) is 0 Å². The van der Waals surface area contributed by atoms with Gasteiger partial charge in [0, 0.05) is 44.6 Å². The van der Waals surface area contributed by atoms with Gasteiger partial charge in [0.1, 0.15) is 0 Å². The molecule has 0 radical (unpaired) electrons. The Bertz CT molecular complexity index is 948. The van der Waals surface area contributed by atoms with Crippen LogP contribution in [0.15, 0.2) is 73.1 Å². The Morgan fingerprint density at radius 1 is 0.931 bits per heavy atom. The number of hydrogen-bond acceptors (Lipinski definition) is 4. The Morgan fingerprint density at radius 3 is 2.38 bits per heavy atom. The summed E-state index contributed by atoms with van der Waals surface area (Å²) in [7, 11) is 0. The second-order valence-corrected chi connectivity index (χ2v) is 7.51. The molecule has 148 valence electrons. The zero-order valence-electron chi connectivity index (χ0n) is 16.7. The van der Waals surface area contributed by atoms with E-state index in [0.717, 1.165) is 44.1 Å². The van der Waals surface area contributed by atoms with Gasteiger partial charge >= 0.3 is 0 Å². The summed E-state index contributed by atoms with van der Waals surface area (Å²) in [6.07, 6.45) is 3.40. The van der Waals surface area contributed by atoms with Gasteiger partial charge in [-0.15, -0.1) is 0 Å². The van der Waals surface area contributed by atoms with E-state index in [1.54, 1.807) is 12.4 Å². The van der Waals surface area contributed by atoms with Crippen LogP contribution in [0, 0.1) is 6.92 Å². The number of nitrogens with zero attached hydrogens (tertiary/aromatic N) is 3. The predicted octanol–water partition coefficient (Wildman–Crippen LogP) is 4.09. The van der Waals surface area contributed by atoms with Crippen LogP contribution in [0.1, 0.15) is 21.5 Å².